The molecule has 1 heterocycles. The van der Waals surface area contributed by atoms with E-state index in [0.29, 0.717) is 24.6 Å². The van der Waals surface area contributed by atoms with E-state index in [1.165, 1.54) is 0 Å². The molecule has 0 fully saturated rings. The number of pyridine rings is 1. The second kappa shape index (κ2) is 5.95. The van der Waals surface area contributed by atoms with Crippen molar-refractivity contribution in [2.75, 3.05) is 17.6 Å². The number of hydrogen-bond acceptors (Lipinski definition) is 4. The van der Waals surface area contributed by atoms with Gasteiger partial charge in [-0.15, -0.1) is 0 Å². The first kappa shape index (κ1) is 12.3. The summed E-state index contributed by atoms with van der Waals surface area (Å²) in [6.45, 7) is 4.42. The van der Waals surface area contributed by atoms with Gasteiger partial charge in [0.2, 0.25) is 5.91 Å². The largest absolute Gasteiger partial charge is 0.384 e. The average molecular weight is 222 g/mol. The fourth-order valence-corrected chi connectivity index (χ4v) is 1.25. The molecule has 0 bridgehead atoms. The highest BCUT2D eigenvalue weighted by molar-refractivity contribution is 5.76. The number of carbonyl (C=O) groups is 1. The topological polar surface area (TPSA) is 80.0 Å². The van der Waals surface area contributed by atoms with E-state index >= 15 is 0 Å². The maximum atomic E-state index is 11.3. The minimum Gasteiger partial charge on any atom is -0.384 e. The van der Waals surface area contributed by atoms with Gasteiger partial charge in [0, 0.05) is 19.0 Å². The predicted molar refractivity (Wildman–Crippen MR) is 65.0 cm³/mol. The first-order valence-electron chi connectivity index (χ1n) is 5.33. The molecule has 0 aliphatic rings. The van der Waals surface area contributed by atoms with Gasteiger partial charge in [-0.3, -0.25) is 4.79 Å². The molecule has 1 aromatic heterocycles. The summed E-state index contributed by atoms with van der Waals surface area (Å²) in [4.78, 5) is 15.4. The Morgan fingerprint density at radius 2 is 2.25 bits per heavy atom. The number of nitrogens with two attached hydrogens (primary N) is 1. The van der Waals surface area contributed by atoms with Crippen molar-refractivity contribution < 1.29 is 4.79 Å². The molecule has 88 valence electrons. The highest BCUT2D eigenvalue weighted by Gasteiger charge is 2.02. The molecule has 4 N–H and O–H groups in total. The molecule has 1 amide bonds. The molecule has 0 atom stereocenters. The van der Waals surface area contributed by atoms with Gasteiger partial charge in [-0.1, -0.05) is 6.07 Å². The van der Waals surface area contributed by atoms with E-state index in [2.05, 4.69) is 15.6 Å². The van der Waals surface area contributed by atoms with Crippen LogP contribution in [0.3, 0.4) is 0 Å². The molecule has 1 aromatic rings. The van der Waals surface area contributed by atoms with Crippen molar-refractivity contribution in [3.63, 3.8) is 0 Å². The number of nitrogens with one attached hydrogen (secondary N) is 2. The lowest BCUT2D eigenvalue weighted by atomic mass is 10.3. The van der Waals surface area contributed by atoms with Crippen LogP contribution in [-0.2, 0) is 4.79 Å². The quantitative estimate of drug-likeness (QED) is 0.694. The number of nitrogens with zero attached hydrogens (tertiary/aromatic N) is 1. The van der Waals surface area contributed by atoms with E-state index < -0.39 is 0 Å². The zero-order chi connectivity index (χ0) is 12.0. The van der Waals surface area contributed by atoms with Crippen molar-refractivity contribution in [2.45, 2.75) is 26.3 Å². The molecule has 0 saturated heterocycles. The summed E-state index contributed by atoms with van der Waals surface area (Å²) < 4.78 is 0. The van der Waals surface area contributed by atoms with Gasteiger partial charge < -0.3 is 16.4 Å². The minimum atomic E-state index is 0.0337. The van der Waals surface area contributed by atoms with Gasteiger partial charge in [-0.25, -0.2) is 4.98 Å². The summed E-state index contributed by atoms with van der Waals surface area (Å²) in [7, 11) is 0. The second-order valence-electron chi connectivity index (χ2n) is 3.85. The zero-order valence-electron chi connectivity index (χ0n) is 9.66. The second-order valence-corrected chi connectivity index (χ2v) is 3.85. The molecule has 5 nitrogen and oxygen atoms in total. The molecule has 0 radical (unpaired) electrons. The Labute approximate surface area is 95.4 Å². The summed E-state index contributed by atoms with van der Waals surface area (Å²) in [5.41, 5.74) is 5.53. The van der Waals surface area contributed by atoms with Crippen LogP contribution in [0.4, 0.5) is 11.6 Å². The number of aromatic nitrogens is 1. The van der Waals surface area contributed by atoms with Crippen LogP contribution in [0, 0.1) is 0 Å². The summed E-state index contributed by atoms with van der Waals surface area (Å²) in [5.74, 6) is 1.19. The smallest absolute Gasteiger partial charge is 0.221 e. The zero-order valence-corrected chi connectivity index (χ0v) is 9.66. The van der Waals surface area contributed by atoms with Crippen LogP contribution in [0.15, 0.2) is 18.2 Å². The monoisotopic (exact) mass is 222 g/mol. The Hall–Kier alpha value is -1.78. The predicted octanol–water partition coefficient (Wildman–Crippen LogP) is 0.990. The minimum absolute atomic E-state index is 0.0337. The molecular formula is C11H18N4O. The lowest BCUT2D eigenvalue weighted by molar-refractivity contribution is -0.121. The summed E-state index contributed by atoms with van der Waals surface area (Å²) >= 11 is 0. The van der Waals surface area contributed by atoms with E-state index in [1.54, 1.807) is 6.07 Å². The Balaban J connectivity index is 2.28. The maximum absolute atomic E-state index is 11.3. The molecule has 0 unspecified atom stereocenters. The highest BCUT2D eigenvalue weighted by Crippen LogP contribution is 2.05. The van der Waals surface area contributed by atoms with E-state index in [-0.39, 0.29) is 11.9 Å². The van der Waals surface area contributed by atoms with Crippen LogP contribution in [-0.4, -0.2) is 23.5 Å². The van der Waals surface area contributed by atoms with Crippen molar-refractivity contribution in [3.8, 4) is 0 Å². The summed E-state index contributed by atoms with van der Waals surface area (Å²) in [6, 6.07) is 5.53. The first-order valence-corrected chi connectivity index (χ1v) is 5.33. The first-order chi connectivity index (χ1) is 7.58. The van der Waals surface area contributed by atoms with E-state index in [0.717, 1.165) is 0 Å². The third-order valence-electron chi connectivity index (χ3n) is 1.88. The standard InChI is InChI=1S/C11H18N4O/c1-8(2)14-11(16)6-7-13-10-5-3-4-9(12)15-10/h3-5,8H,6-7H2,1-2H3,(H,14,16)(H3,12,13,15). The van der Waals surface area contributed by atoms with Crippen LogP contribution < -0.4 is 16.4 Å². The normalized spacial score (nSPS) is 10.2. The average Bonchev–Trinajstić information content (AvgIpc) is 2.16. The Morgan fingerprint density at radius 3 is 2.88 bits per heavy atom. The van der Waals surface area contributed by atoms with Crippen LogP contribution in [0.1, 0.15) is 20.3 Å². The summed E-state index contributed by atoms with van der Waals surface area (Å²) in [5, 5.41) is 5.85. The lowest BCUT2D eigenvalue weighted by Crippen LogP contribution is -2.31. The van der Waals surface area contributed by atoms with Crippen molar-refractivity contribution in [1.82, 2.24) is 10.3 Å². The van der Waals surface area contributed by atoms with Gasteiger partial charge in [0.05, 0.1) is 0 Å². The Morgan fingerprint density at radius 1 is 1.50 bits per heavy atom. The molecule has 0 aliphatic carbocycles. The van der Waals surface area contributed by atoms with Gasteiger partial charge in [0.25, 0.3) is 0 Å². The van der Waals surface area contributed by atoms with Crippen molar-refractivity contribution in [3.05, 3.63) is 18.2 Å². The fourth-order valence-electron chi connectivity index (χ4n) is 1.25. The number of carbonyl (C=O) groups excluding carboxylic acids is 1. The van der Waals surface area contributed by atoms with Crippen LogP contribution in [0.2, 0.25) is 0 Å². The van der Waals surface area contributed by atoms with Gasteiger partial charge in [-0.05, 0) is 26.0 Å². The lowest BCUT2D eigenvalue weighted by Gasteiger charge is -2.09. The van der Waals surface area contributed by atoms with Crippen molar-refractivity contribution in [1.29, 1.82) is 0 Å². The van der Waals surface area contributed by atoms with Crippen molar-refractivity contribution in [2.24, 2.45) is 0 Å². The van der Waals surface area contributed by atoms with E-state index in [9.17, 15) is 4.79 Å². The number of nitrogen functional groups attached to an aromatic ring is 1. The van der Waals surface area contributed by atoms with Crippen LogP contribution >= 0.6 is 0 Å². The van der Waals surface area contributed by atoms with Gasteiger partial charge in [0.1, 0.15) is 11.6 Å². The number of amides is 1. The molecule has 0 saturated carbocycles. The van der Waals surface area contributed by atoms with E-state index in [4.69, 9.17) is 5.73 Å². The molecule has 5 heteroatoms. The van der Waals surface area contributed by atoms with Gasteiger partial charge in [-0.2, -0.15) is 0 Å². The maximum Gasteiger partial charge on any atom is 0.221 e. The molecule has 0 aliphatic heterocycles. The number of hydrogen-bond donors (Lipinski definition) is 3. The Kier molecular flexibility index (Phi) is 4.57. The highest BCUT2D eigenvalue weighted by atomic mass is 16.1. The number of rotatable bonds is 5. The van der Waals surface area contributed by atoms with Gasteiger partial charge in [0.15, 0.2) is 0 Å². The molecule has 16 heavy (non-hydrogen) atoms. The third kappa shape index (κ3) is 4.63. The Bertz CT molecular complexity index is 352. The SMILES string of the molecule is CC(C)NC(=O)CCNc1cccc(N)n1. The molecule has 0 aromatic carbocycles. The summed E-state index contributed by atoms with van der Waals surface area (Å²) in [6.07, 6.45) is 0.425. The van der Waals surface area contributed by atoms with Crippen LogP contribution in [0.25, 0.3) is 0 Å². The van der Waals surface area contributed by atoms with Gasteiger partial charge >= 0.3 is 0 Å². The molecule has 1 rings (SSSR count). The number of anilines is 2. The third-order valence-corrected chi connectivity index (χ3v) is 1.88. The fraction of sp³-hybridized carbons (Fsp3) is 0.455. The van der Waals surface area contributed by atoms with Crippen LogP contribution in [0.5, 0.6) is 0 Å². The molecular weight excluding hydrogens is 204 g/mol. The molecule has 0 spiro atoms. The van der Waals surface area contributed by atoms with E-state index in [1.807, 2.05) is 26.0 Å². The van der Waals surface area contributed by atoms with Crippen molar-refractivity contribution >= 4 is 17.5 Å².